The molecule has 0 saturated carbocycles. The first-order valence-electron chi connectivity index (χ1n) is 4.54. The summed E-state index contributed by atoms with van der Waals surface area (Å²) >= 11 is 0. The molecule has 0 amide bonds. The van der Waals surface area contributed by atoms with Crippen molar-refractivity contribution in [3.05, 3.63) is 25.2 Å². The van der Waals surface area contributed by atoms with E-state index >= 15 is 0 Å². The molecule has 1 aromatic heterocycles. The lowest BCUT2D eigenvalue weighted by molar-refractivity contribution is 0.0295. The SMILES string of the molecule is [CH](Oc1ncccn1)N1CCOCC1. The van der Waals surface area contributed by atoms with Crippen molar-refractivity contribution in [1.82, 2.24) is 14.9 Å². The molecule has 1 radical (unpaired) electrons. The summed E-state index contributed by atoms with van der Waals surface area (Å²) in [6, 6.07) is 2.13. The molecule has 1 aliphatic heterocycles. The van der Waals surface area contributed by atoms with Crippen molar-refractivity contribution in [2.24, 2.45) is 0 Å². The van der Waals surface area contributed by atoms with E-state index in [4.69, 9.17) is 9.47 Å². The summed E-state index contributed by atoms with van der Waals surface area (Å²) in [6.45, 7) is 4.85. The fraction of sp³-hybridized carbons (Fsp3) is 0.444. The van der Waals surface area contributed by atoms with Gasteiger partial charge >= 0.3 is 6.01 Å². The molecular formula is C9H12N3O2. The summed E-state index contributed by atoms with van der Waals surface area (Å²) in [4.78, 5) is 9.92. The molecule has 75 valence electrons. The van der Waals surface area contributed by atoms with Gasteiger partial charge in [-0.25, -0.2) is 9.97 Å². The van der Waals surface area contributed by atoms with Gasteiger partial charge in [0.25, 0.3) is 0 Å². The van der Waals surface area contributed by atoms with E-state index in [0.717, 1.165) is 26.3 Å². The van der Waals surface area contributed by atoms with Crippen LogP contribution in [0.3, 0.4) is 0 Å². The molecule has 1 fully saturated rings. The van der Waals surface area contributed by atoms with E-state index in [1.54, 1.807) is 25.2 Å². The summed E-state index contributed by atoms with van der Waals surface area (Å²) in [6.07, 6.45) is 3.30. The Labute approximate surface area is 82.7 Å². The molecule has 2 heterocycles. The second kappa shape index (κ2) is 4.88. The van der Waals surface area contributed by atoms with Crippen LogP contribution in [0.15, 0.2) is 18.5 Å². The maximum Gasteiger partial charge on any atom is 0.318 e. The third-order valence-electron chi connectivity index (χ3n) is 1.89. The van der Waals surface area contributed by atoms with E-state index in [2.05, 4.69) is 9.97 Å². The minimum atomic E-state index is 0.374. The standard InChI is InChI=1S/C9H12N3O2/c1-2-10-9(11-3-1)14-8-12-4-6-13-7-5-12/h1-3,8H,4-7H2. The Morgan fingerprint density at radius 1 is 1.29 bits per heavy atom. The van der Waals surface area contributed by atoms with Gasteiger partial charge in [0.05, 0.1) is 13.2 Å². The number of hydrogen-bond acceptors (Lipinski definition) is 5. The monoisotopic (exact) mass is 194 g/mol. The van der Waals surface area contributed by atoms with Gasteiger partial charge in [-0.2, -0.15) is 0 Å². The van der Waals surface area contributed by atoms with Crippen LogP contribution in [0.5, 0.6) is 6.01 Å². The Morgan fingerprint density at radius 2 is 2.00 bits per heavy atom. The molecule has 1 aromatic rings. The molecule has 0 bridgehead atoms. The molecule has 1 saturated heterocycles. The summed E-state index contributed by atoms with van der Waals surface area (Å²) in [5.74, 6) is 0. The van der Waals surface area contributed by atoms with E-state index in [1.165, 1.54) is 0 Å². The molecular weight excluding hydrogens is 182 g/mol. The highest BCUT2D eigenvalue weighted by molar-refractivity contribution is 4.94. The van der Waals surface area contributed by atoms with Crippen molar-refractivity contribution in [2.75, 3.05) is 26.3 Å². The van der Waals surface area contributed by atoms with E-state index < -0.39 is 0 Å². The van der Waals surface area contributed by atoms with Crippen LogP contribution in [0.4, 0.5) is 0 Å². The van der Waals surface area contributed by atoms with Crippen molar-refractivity contribution >= 4 is 0 Å². The first-order chi connectivity index (χ1) is 6.95. The molecule has 0 atom stereocenters. The molecule has 0 spiro atoms. The third kappa shape index (κ3) is 2.65. The quantitative estimate of drug-likeness (QED) is 0.693. The van der Waals surface area contributed by atoms with Crippen LogP contribution in [0.1, 0.15) is 0 Å². The van der Waals surface area contributed by atoms with Gasteiger partial charge < -0.3 is 9.47 Å². The van der Waals surface area contributed by atoms with Gasteiger partial charge in [0, 0.05) is 25.5 Å². The number of rotatable bonds is 3. The second-order valence-electron chi connectivity index (χ2n) is 2.90. The van der Waals surface area contributed by atoms with Crippen LogP contribution in [-0.4, -0.2) is 41.2 Å². The smallest absolute Gasteiger partial charge is 0.318 e. The van der Waals surface area contributed by atoms with E-state index in [-0.39, 0.29) is 0 Å². The highest BCUT2D eigenvalue weighted by atomic mass is 16.5. The topological polar surface area (TPSA) is 47.5 Å². The minimum absolute atomic E-state index is 0.374. The molecule has 0 unspecified atom stereocenters. The first-order valence-corrected chi connectivity index (χ1v) is 4.54. The fourth-order valence-corrected chi connectivity index (χ4v) is 1.15. The molecule has 0 aliphatic carbocycles. The fourth-order valence-electron chi connectivity index (χ4n) is 1.15. The Kier molecular flexibility index (Phi) is 3.26. The van der Waals surface area contributed by atoms with Gasteiger partial charge in [-0.3, -0.25) is 4.90 Å². The van der Waals surface area contributed by atoms with Gasteiger partial charge in [-0.05, 0) is 6.07 Å². The summed E-state index contributed by atoms with van der Waals surface area (Å²) in [5.41, 5.74) is 0. The Bertz CT molecular complexity index is 262. The van der Waals surface area contributed by atoms with E-state index in [9.17, 15) is 0 Å². The van der Waals surface area contributed by atoms with Crippen LogP contribution in [0, 0.1) is 6.73 Å². The zero-order valence-electron chi connectivity index (χ0n) is 7.80. The third-order valence-corrected chi connectivity index (χ3v) is 1.89. The molecule has 1 aliphatic rings. The summed E-state index contributed by atoms with van der Waals surface area (Å²) in [7, 11) is 0. The highest BCUT2D eigenvalue weighted by Gasteiger charge is 2.11. The maximum absolute atomic E-state index is 5.27. The van der Waals surface area contributed by atoms with Gasteiger partial charge in [0.15, 0.2) is 0 Å². The van der Waals surface area contributed by atoms with Gasteiger partial charge in [-0.1, -0.05) is 0 Å². The summed E-state index contributed by atoms with van der Waals surface area (Å²) in [5, 5.41) is 0. The van der Waals surface area contributed by atoms with Gasteiger partial charge in [0.1, 0.15) is 0 Å². The number of nitrogens with zero attached hydrogens (tertiary/aromatic N) is 3. The molecule has 0 N–H and O–H groups in total. The number of aromatic nitrogens is 2. The van der Waals surface area contributed by atoms with Crippen molar-refractivity contribution < 1.29 is 9.47 Å². The van der Waals surface area contributed by atoms with Crippen LogP contribution in [0.2, 0.25) is 0 Å². The number of morpholine rings is 1. The van der Waals surface area contributed by atoms with Crippen LogP contribution in [0.25, 0.3) is 0 Å². The Hall–Kier alpha value is -1.20. The second-order valence-corrected chi connectivity index (χ2v) is 2.90. The highest BCUT2D eigenvalue weighted by Crippen LogP contribution is 2.04. The lowest BCUT2D eigenvalue weighted by atomic mass is 10.5. The molecule has 0 aromatic carbocycles. The molecule has 14 heavy (non-hydrogen) atoms. The van der Waals surface area contributed by atoms with Gasteiger partial charge in [0.2, 0.25) is 6.73 Å². The summed E-state index contributed by atoms with van der Waals surface area (Å²) < 4.78 is 10.5. The Morgan fingerprint density at radius 3 is 2.71 bits per heavy atom. The largest absolute Gasteiger partial charge is 0.438 e. The molecule has 5 heteroatoms. The van der Waals surface area contributed by atoms with Crippen molar-refractivity contribution in [1.29, 1.82) is 0 Å². The number of ether oxygens (including phenoxy) is 2. The normalized spacial score (nSPS) is 18.0. The average molecular weight is 194 g/mol. The maximum atomic E-state index is 5.27. The molecule has 5 nitrogen and oxygen atoms in total. The lowest BCUT2D eigenvalue weighted by Gasteiger charge is -2.24. The minimum Gasteiger partial charge on any atom is -0.438 e. The zero-order chi connectivity index (χ0) is 9.64. The van der Waals surface area contributed by atoms with Crippen molar-refractivity contribution in [2.45, 2.75) is 0 Å². The van der Waals surface area contributed by atoms with E-state index in [0.29, 0.717) is 6.01 Å². The predicted molar refractivity (Wildman–Crippen MR) is 49.4 cm³/mol. The van der Waals surface area contributed by atoms with E-state index in [1.807, 2.05) is 4.90 Å². The number of hydrogen-bond donors (Lipinski definition) is 0. The van der Waals surface area contributed by atoms with Crippen molar-refractivity contribution in [3.8, 4) is 6.01 Å². The first kappa shape index (κ1) is 9.36. The zero-order valence-corrected chi connectivity index (χ0v) is 7.80. The van der Waals surface area contributed by atoms with Crippen LogP contribution in [-0.2, 0) is 4.74 Å². The van der Waals surface area contributed by atoms with Crippen LogP contribution < -0.4 is 4.74 Å². The lowest BCUT2D eigenvalue weighted by Crippen LogP contribution is -2.35. The molecule has 2 rings (SSSR count). The van der Waals surface area contributed by atoms with Gasteiger partial charge in [-0.15, -0.1) is 0 Å². The average Bonchev–Trinajstić information content (AvgIpc) is 2.29. The Balaban J connectivity index is 1.76. The van der Waals surface area contributed by atoms with Crippen molar-refractivity contribution in [3.63, 3.8) is 0 Å². The van der Waals surface area contributed by atoms with Crippen LogP contribution >= 0.6 is 0 Å². The predicted octanol–water partition coefficient (Wildman–Crippen LogP) is 0.307.